The maximum absolute atomic E-state index is 5.40. The Morgan fingerprint density at radius 2 is 2.13 bits per heavy atom. The predicted octanol–water partition coefficient (Wildman–Crippen LogP) is 1.31. The molecule has 0 aliphatic carbocycles. The Morgan fingerprint density at radius 3 is 2.73 bits per heavy atom. The lowest BCUT2D eigenvalue weighted by molar-refractivity contribution is 0.380. The Bertz CT molecular complexity index is 462. The zero-order valence-corrected chi connectivity index (χ0v) is 9.47. The minimum absolute atomic E-state index is 0.516. The van der Waals surface area contributed by atoms with Crippen molar-refractivity contribution in [1.82, 2.24) is 15.1 Å². The third kappa shape index (κ3) is 2.05. The van der Waals surface area contributed by atoms with Crippen LogP contribution in [-0.2, 0) is 6.42 Å². The van der Waals surface area contributed by atoms with E-state index in [0.29, 0.717) is 24.7 Å². The van der Waals surface area contributed by atoms with Gasteiger partial charge in [0.05, 0.1) is 15.6 Å². The Labute approximate surface area is 91.3 Å². The highest BCUT2D eigenvalue weighted by molar-refractivity contribution is 7.15. The van der Waals surface area contributed by atoms with Crippen molar-refractivity contribution in [2.45, 2.75) is 20.3 Å². The van der Waals surface area contributed by atoms with Crippen molar-refractivity contribution in [1.29, 1.82) is 0 Å². The normalized spacial score (nSPS) is 10.9. The number of thiazole rings is 1. The number of nitrogens with zero attached hydrogens (tertiary/aromatic N) is 3. The highest BCUT2D eigenvalue weighted by Crippen LogP contribution is 2.27. The maximum atomic E-state index is 5.40. The summed E-state index contributed by atoms with van der Waals surface area (Å²) < 4.78 is 5.06. The lowest BCUT2D eigenvalue weighted by Gasteiger charge is -1.87. The maximum Gasteiger partial charge on any atom is 0.228 e. The summed E-state index contributed by atoms with van der Waals surface area (Å²) in [4.78, 5) is 9.54. The van der Waals surface area contributed by atoms with E-state index in [1.54, 1.807) is 11.3 Å². The molecule has 2 rings (SSSR count). The summed E-state index contributed by atoms with van der Waals surface area (Å²) in [6, 6.07) is 0. The van der Waals surface area contributed by atoms with Crippen molar-refractivity contribution in [3.05, 3.63) is 16.6 Å². The first-order valence-corrected chi connectivity index (χ1v) is 5.49. The molecule has 0 saturated heterocycles. The van der Waals surface area contributed by atoms with Gasteiger partial charge in [-0.25, -0.2) is 4.98 Å². The Hall–Kier alpha value is -1.27. The first-order chi connectivity index (χ1) is 7.20. The number of aryl methyl sites for hydroxylation is 2. The fourth-order valence-corrected chi connectivity index (χ4v) is 2.16. The topological polar surface area (TPSA) is 77.8 Å². The lowest BCUT2D eigenvalue weighted by Crippen LogP contribution is -2.02. The zero-order chi connectivity index (χ0) is 10.8. The molecule has 2 N–H and O–H groups in total. The number of hydrogen-bond donors (Lipinski definition) is 1. The summed E-state index contributed by atoms with van der Waals surface area (Å²) >= 11 is 1.57. The van der Waals surface area contributed by atoms with Crippen LogP contribution in [0, 0.1) is 13.8 Å². The molecule has 15 heavy (non-hydrogen) atoms. The van der Waals surface area contributed by atoms with Gasteiger partial charge in [-0.05, 0) is 13.8 Å². The molecule has 80 valence electrons. The third-order valence-corrected chi connectivity index (χ3v) is 3.00. The second kappa shape index (κ2) is 4.08. The first kappa shape index (κ1) is 10.3. The molecule has 5 nitrogen and oxygen atoms in total. The van der Waals surface area contributed by atoms with Gasteiger partial charge in [-0.2, -0.15) is 4.98 Å². The molecule has 2 aromatic heterocycles. The van der Waals surface area contributed by atoms with Crippen molar-refractivity contribution in [2.24, 2.45) is 5.73 Å². The summed E-state index contributed by atoms with van der Waals surface area (Å²) in [6.07, 6.45) is 0.615. The minimum Gasteiger partial charge on any atom is -0.339 e. The van der Waals surface area contributed by atoms with Gasteiger partial charge in [0, 0.05) is 13.0 Å². The van der Waals surface area contributed by atoms with Crippen LogP contribution in [0.25, 0.3) is 10.7 Å². The van der Waals surface area contributed by atoms with Crippen LogP contribution < -0.4 is 5.73 Å². The zero-order valence-electron chi connectivity index (χ0n) is 8.65. The predicted molar refractivity (Wildman–Crippen MR) is 57.6 cm³/mol. The molecular weight excluding hydrogens is 212 g/mol. The number of rotatable bonds is 3. The molecule has 0 aliphatic heterocycles. The molecular formula is C9H12N4OS. The molecule has 0 aromatic carbocycles. The van der Waals surface area contributed by atoms with Crippen molar-refractivity contribution in [3.8, 4) is 10.7 Å². The molecule has 0 amide bonds. The number of aromatic nitrogens is 3. The largest absolute Gasteiger partial charge is 0.339 e. The van der Waals surface area contributed by atoms with E-state index < -0.39 is 0 Å². The van der Waals surface area contributed by atoms with Crippen molar-refractivity contribution >= 4 is 11.3 Å². The fraction of sp³-hybridized carbons (Fsp3) is 0.444. The first-order valence-electron chi connectivity index (χ1n) is 4.67. The SMILES string of the molecule is Cc1nc(C)c(-c2noc(CCN)n2)s1. The van der Waals surface area contributed by atoms with E-state index in [-0.39, 0.29) is 0 Å². The van der Waals surface area contributed by atoms with E-state index in [4.69, 9.17) is 10.3 Å². The van der Waals surface area contributed by atoms with Crippen LogP contribution in [0.5, 0.6) is 0 Å². The van der Waals surface area contributed by atoms with Crippen molar-refractivity contribution in [2.75, 3.05) is 6.54 Å². The molecule has 2 heterocycles. The van der Waals surface area contributed by atoms with Gasteiger partial charge < -0.3 is 10.3 Å². The monoisotopic (exact) mass is 224 g/mol. The van der Waals surface area contributed by atoms with Crippen LogP contribution in [0.2, 0.25) is 0 Å². The molecule has 0 saturated carbocycles. The molecule has 0 fully saturated rings. The highest BCUT2D eigenvalue weighted by atomic mass is 32.1. The average molecular weight is 224 g/mol. The van der Waals surface area contributed by atoms with Gasteiger partial charge in [-0.3, -0.25) is 0 Å². The second-order valence-electron chi connectivity index (χ2n) is 3.20. The summed E-state index contributed by atoms with van der Waals surface area (Å²) in [5.41, 5.74) is 6.35. The molecule has 0 unspecified atom stereocenters. The van der Waals surface area contributed by atoms with Crippen molar-refractivity contribution in [3.63, 3.8) is 0 Å². The van der Waals surface area contributed by atoms with Gasteiger partial charge in [0.15, 0.2) is 0 Å². The molecule has 0 atom stereocenters. The molecule has 0 radical (unpaired) electrons. The summed E-state index contributed by atoms with van der Waals surface area (Å²) in [5, 5.41) is 4.92. The average Bonchev–Trinajstić information content (AvgIpc) is 2.73. The summed E-state index contributed by atoms with van der Waals surface area (Å²) in [5.74, 6) is 1.19. The molecule has 0 spiro atoms. The van der Waals surface area contributed by atoms with Gasteiger partial charge in [0.25, 0.3) is 0 Å². The summed E-state index contributed by atoms with van der Waals surface area (Å²) in [6.45, 7) is 4.42. The van der Waals surface area contributed by atoms with E-state index in [2.05, 4.69) is 15.1 Å². The van der Waals surface area contributed by atoms with Crippen LogP contribution in [0.3, 0.4) is 0 Å². The molecule has 0 aliphatic rings. The smallest absolute Gasteiger partial charge is 0.228 e. The number of hydrogen-bond acceptors (Lipinski definition) is 6. The van der Waals surface area contributed by atoms with Crippen molar-refractivity contribution < 1.29 is 4.52 Å². The Kier molecular flexibility index (Phi) is 2.79. The van der Waals surface area contributed by atoms with Crippen LogP contribution in [0.1, 0.15) is 16.6 Å². The third-order valence-electron chi connectivity index (χ3n) is 1.93. The van der Waals surface area contributed by atoms with E-state index in [9.17, 15) is 0 Å². The van der Waals surface area contributed by atoms with Crippen LogP contribution in [0.4, 0.5) is 0 Å². The van der Waals surface area contributed by atoms with Gasteiger partial charge >= 0.3 is 0 Å². The van der Waals surface area contributed by atoms with Gasteiger partial charge in [0.1, 0.15) is 0 Å². The standard InChI is InChI=1S/C9H12N4OS/c1-5-8(15-6(2)11-5)9-12-7(3-4-10)14-13-9/h3-4,10H2,1-2H3. The number of nitrogens with two attached hydrogens (primary N) is 1. The molecule has 0 bridgehead atoms. The lowest BCUT2D eigenvalue weighted by atomic mass is 10.4. The second-order valence-corrected chi connectivity index (χ2v) is 4.40. The van der Waals surface area contributed by atoms with Gasteiger partial charge in [0.2, 0.25) is 11.7 Å². The van der Waals surface area contributed by atoms with Crippen LogP contribution in [0.15, 0.2) is 4.52 Å². The van der Waals surface area contributed by atoms with E-state index in [1.807, 2.05) is 13.8 Å². The fourth-order valence-electron chi connectivity index (χ4n) is 1.31. The van der Waals surface area contributed by atoms with Crippen LogP contribution >= 0.6 is 11.3 Å². The van der Waals surface area contributed by atoms with Gasteiger partial charge in [-0.1, -0.05) is 5.16 Å². The van der Waals surface area contributed by atoms with Crippen LogP contribution in [-0.4, -0.2) is 21.7 Å². The Balaban J connectivity index is 2.32. The minimum atomic E-state index is 0.516. The van der Waals surface area contributed by atoms with E-state index in [0.717, 1.165) is 15.6 Å². The Morgan fingerprint density at radius 1 is 1.33 bits per heavy atom. The van der Waals surface area contributed by atoms with Gasteiger partial charge in [-0.15, -0.1) is 11.3 Å². The highest BCUT2D eigenvalue weighted by Gasteiger charge is 2.13. The summed E-state index contributed by atoms with van der Waals surface area (Å²) in [7, 11) is 0. The quantitative estimate of drug-likeness (QED) is 0.850. The van der Waals surface area contributed by atoms with E-state index >= 15 is 0 Å². The molecule has 2 aromatic rings. The molecule has 6 heteroatoms. The van der Waals surface area contributed by atoms with E-state index in [1.165, 1.54) is 0 Å².